The third-order valence-corrected chi connectivity index (χ3v) is 13.8. The zero-order valence-electron chi connectivity index (χ0n) is 14.3. The van der Waals surface area contributed by atoms with Gasteiger partial charge in [0.05, 0.1) is 13.3 Å². The SMILES string of the molecule is CO[Si](C)(CCOCN([Si](C)(C)C)[Si](C)(C)C)OC. The molecule has 0 saturated heterocycles. The summed E-state index contributed by atoms with van der Waals surface area (Å²) in [5.41, 5.74) is 0. The van der Waals surface area contributed by atoms with Crippen LogP contribution in [0.3, 0.4) is 0 Å². The molecule has 0 aliphatic rings. The van der Waals surface area contributed by atoms with Gasteiger partial charge in [0, 0.05) is 20.3 Å². The second-order valence-electron chi connectivity index (χ2n) is 7.10. The molecule has 0 aromatic carbocycles. The molecule has 0 unspecified atom stereocenters. The summed E-state index contributed by atoms with van der Waals surface area (Å²) in [6.07, 6.45) is 0. The molecule has 0 radical (unpaired) electrons. The minimum Gasteiger partial charge on any atom is -0.398 e. The van der Waals surface area contributed by atoms with E-state index in [1.165, 1.54) is 0 Å². The van der Waals surface area contributed by atoms with Crippen LogP contribution in [0.5, 0.6) is 0 Å². The van der Waals surface area contributed by atoms with Crippen molar-refractivity contribution < 1.29 is 13.6 Å². The van der Waals surface area contributed by atoms with Gasteiger partial charge in [-0.25, -0.2) is 0 Å². The van der Waals surface area contributed by atoms with Gasteiger partial charge in [0.15, 0.2) is 0 Å². The lowest BCUT2D eigenvalue weighted by Crippen LogP contribution is -2.59. The highest BCUT2D eigenvalue weighted by Gasteiger charge is 2.34. The van der Waals surface area contributed by atoms with Gasteiger partial charge >= 0.3 is 8.56 Å². The van der Waals surface area contributed by atoms with Gasteiger partial charge in [0.2, 0.25) is 0 Å². The lowest BCUT2D eigenvalue weighted by atomic mass is 10.8. The van der Waals surface area contributed by atoms with E-state index < -0.39 is 25.0 Å². The Morgan fingerprint density at radius 1 is 0.789 bits per heavy atom. The monoisotopic (exact) mass is 323 g/mol. The van der Waals surface area contributed by atoms with Crippen LogP contribution in [0.2, 0.25) is 51.9 Å². The molecular weight excluding hydrogens is 290 g/mol. The fourth-order valence-electron chi connectivity index (χ4n) is 2.09. The molecule has 0 amide bonds. The molecule has 7 heteroatoms. The maximum absolute atomic E-state index is 5.92. The fourth-order valence-corrected chi connectivity index (χ4v) is 12.2. The van der Waals surface area contributed by atoms with Gasteiger partial charge in [0.25, 0.3) is 0 Å². The van der Waals surface area contributed by atoms with Gasteiger partial charge in [-0.3, -0.25) is 0 Å². The molecule has 0 atom stereocenters. The van der Waals surface area contributed by atoms with Crippen LogP contribution in [-0.2, 0) is 13.6 Å². The van der Waals surface area contributed by atoms with Crippen molar-refractivity contribution in [1.82, 2.24) is 4.23 Å². The minimum absolute atomic E-state index is 0.718. The predicted octanol–water partition coefficient (Wildman–Crippen LogP) is 3.30. The Kier molecular flexibility index (Phi) is 7.68. The normalized spacial score (nSPS) is 14.2. The summed E-state index contributed by atoms with van der Waals surface area (Å²) in [6.45, 7) is 17.9. The topological polar surface area (TPSA) is 30.9 Å². The summed E-state index contributed by atoms with van der Waals surface area (Å²) in [5, 5.41) is 0. The van der Waals surface area contributed by atoms with E-state index in [9.17, 15) is 0 Å². The summed E-state index contributed by atoms with van der Waals surface area (Å²) in [5.74, 6) is 0. The molecule has 0 saturated carbocycles. The van der Waals surface area contributed by atoms with Crippen molar-refractivity contribution in [3.05, 3.63) is 0 Å². The molecule has 0 aromatic rings. The van der Waals surface area contributed by atoms with Crippen molar-refractivity contribution in [2.45, 2.75) is 51.9 Å². The molecule has 0 spiro atoms. The molecule has 0 aromatic heterocycles. The van der Waals surface area contributed by atoms with Crippen LogP contribution in [-0.4, -0.2) is 56.8 Å². The molecule has 0 heterocycles. The van der Waals surface area contributed by atoms with Crippen molar-refractivity contribution >= 4 is 25.0 Å². The van der Waals surface area contributed by atoms with Crippen LogP contribution in [0, 0.1) is 0 Å². The Balaban J connectivity index is 4.31. The van der Waals surface area contributed by atoms with E-state index >= 15 is 0 Å². The first-order valence-corrected chi connectivity index (χ1v) is 16.3. The van der Waals surface area contributed by atoms with Crippen molar-refractivity contribution in [2.75, 3.05) is 27.6 Å². The van der Waals surface area contributed by atoms with E-state index in [1.54, 1.807) is 14.2 Å². The largest absolute Gasteiger partial charge is 0.398 e. The smallest absolute Gasteiger partial charge is 0.336 e. The lowest BCUT2D eigenvalue weighted by molar-refractivity contribution is 0.0973. The molecule has 0 N–H and O–H groups in total. The highest BCUT2D eigenvalue weighted by atomic mass is 28.4. The summed E-state index contributed by atoms with van der Waals surface area (Å²) < 4.78 is 19.5. The molecule has 4 nitrogen and oxygen atoms in total. The van der Waals surface area contributed by atoms with E-state index in [1.807, 2.05) is 0 Å². The first-order valence-electron chi connectivity index (χ1n) is 6.92. The summed E-state index contributed by atoms with van der Waals surface area (Å²) in [4.78, 5) is 0. The number of ether oxygens (including phenoxy) is 1. The van der Waals surface area contributed by atoms with Gasteiger partial charge in [0.1, 0.15) is 16.5 Å². The first kappa shape index (κ1) is 19.5. The molecule has 0 fully saturated rings. The van der Waals surface area contributed by atoms with Crippen molar-refractivity contribution in [3.8, 4) is 0 Å². The zero-order chi connectivity index (χ0) is 15.3. The average molecular weight is 324 g/mol. The minimum atomic E-state index is -1.98. The highest BCUT2D eigenvalue weighted by molar-refractivity contribution is 6.89. The van der Waals surface area contributed by atoms with Crippen molar-refractivity contribution in [1.29, 1.82) is 0 Å². The van der Waals surface area contributed by atoms with Crippen LogP contribution < -0.4 is 0 Å². The number of hydrogen-bond donors (Lipinski definition) is 0. The molecular formula is C12H33NO3Si3. The van der Waals surface area contributed by atoms with Crippen LogP contribution >= 0.6 is 0 Å². The lowest BCUT2D eigenvalue weighted by Gasteiger charge is -2.43. The fraction of sp³-hybridized carbons (Fsp3) is 1.00. The Labute approximate surface area is 122 Å². The van der Waals surface area contributed by atoms with Crippen LogP contribution in [0.25, 0.3) is 0 Å². The Hall–Kier alpha value is 0.491. The Morgan fingerprint density at radius 2 is 1.21 bits per heavy atom. The van der Waals surface area contributed by atoms with Crippen LogP contribution in [0.1, 0.15) is 0 Å². The van der Waals surface area contributed by atoms with Crippen molar-refractivity contribution in [2.24, 2.45) is 0 Å². The number of hydrogen-bond acceptors (Lipinski definition) is 4. The first-order chi connectivity index (χ1) is 8.46. The van der Waals surface area contributed by atoms with Crippen LogP contribution in [0.15, 0.2) is 0 Å². The maximum atomic E-state index is 5.92. The summed E-state index contributed by atoms with van der Waals surface area (Å²) in [7, 11) is -1.16. The van der Waals surface area contributed by atoms with Gasteiger partial charge in [-0.05, 0) is 6.55 Å². The summed E-state index contributed by atoms with van der Waals surface area (Å²) in [6, 6.07) is 0.880. The van der Waals surface area contributed by atoms with Crippen LogP contribution in [0.4, 0.5) is 0 Å². The molecule has 116 valence electrons. The van der Waals surface area contributed by atoms with E-state index in [-0.39, 0.29) is 0 Å². The highest BCUT2D eigenvalue weighted by Crippen LogP contribution is 2.19. The second kappa shape index (κ2) is 7.49. The van der Waals surface area contributed by atoms with E-state index in [2.05, 4.69) is 50.1 Å². The Morgan fingerprint density at radius 3 is 1.53 bits per heavy atom. The summed E-state index contributed by atoms with van der Waals surface area (Å²) >= 11 is 0. The van der Waals surface area contributed by atoms with E-state index in [4.69, 9.17) is 13.6 Å². The van der Waals surface area contributed by atoms with E-state index in [0.29, 0.717) is 0 Å². The third-order valence-electron chi connectivity index (χ3n) is 3.40. The number of nitrogens with zero attached hydrogens (tertiary/aromatic N) is 1. The average Bonchev–Trinajstić information content (AvgIpc) is 2.24. The number of rotatable bonds is 9. The molecule has 0 aliphatic carbocycles. The third kappa shape index (κ3) is 7.17. The van der Waals surface area contributed by atoms with Crippen molar-refractivity contribution in [3.63, 3.8) is 0 Å². The molecule has 0 aliphatic heterocycles. The zero-order valence-corrected chi connectivity index (χ0v) is 17.3. The Bertz CT molecular complexity index is 246. The predicted molar refractivity (Wildman–Crippen MR) is 89.8 cm³/mol. The standard InChI is InChI=1S/C12H33NO3Si3/c1-14-19(9,15-2)11-10-16-12-13(17(3,4)5)18(6,7)8/h10-12H2,1-9H3. The quantitative estimate of drug-likeness (QED) is 0.370. The second-order valence-corrected chi connectivity index (χ2v) is 20.9. The van der Waals surface area contributed by atoms with E-state index in [0.717, 1.165) is 19.4 Å². The molecule has 0 bridgehead atoms. The van der Waals surface area contributed by atoms with Gasteiger partial charge < -0.3 is 17.8 Å². The molecule has 19 heavy (non-hydrogen) atoms. The van der Waals surface area contributed by atoms with Gasteiger partial charge in [-0.15, -0.1) is 0 Å². The maximum Gasteiger partial charge on any atom is 0.336 e. The van der Waals surface area contributed by atoms with Gasteiger partial charge in [-0.1, -0.05) is 39.3 Å². The molecule has 0 rings (SSSR count). The van der Waals surface area contributed by atoms with Gasteiger partial charge in [-0.2, -0.15) is 0 Å².